The molecule has 0 heterocycles. The van der Waals surface area contributed by atoms with Crippen LogP contribution in [0.2, 0.25) is 0 Å². The molecule has 0 N–H and O–H groups in total. The van der Waals surface area contributed by atoms with Gasteiger partial charge in [0.1, 0.15) is 7.80 Å². The Morgan fingerprint density at radius 3 is 1.09 bits per heavy atom. The van der Waals surface area contributed by atoms with Gasteiger partial charge in [-0.2, -0.15) is 0 Å². The quantitative estimate of drug-likeness (QED) is 0.728. The van der Waals surface area contributed by atoms with Gasteiger partial charge in [-0.3, -0.25) is 0 Å². The SMILES string of the molecule is CC(C)(C)c1ccc([PH](=O)c2ccc(C(C)(C)C)cc2)cc1. The first-order valence-electron chi connectivity index (χ1n) is 7.85. The van der Waals surface area contributed by atoms with E-state index in [-0.39, 0.29) is 10.8 Å². The number of hydrogen-bond donors (Lipinski definition) is 0. The second-order valence-corrected chi connectivity index (χ2v) is 9.80. The normalized spacial score (nSPS) is 12.7. The first kappa shape index (κ1) is 17.0. The maximum atomic E-state index is 12.8. The van der Waals surface area contributed by atoms with Crippen LogP contribution in [-0.2, 0) is 15.4 Å². The van der Waals surface area contributed by atoms with Crippen molar-refractivity contribution < 1.29 is 4.57 Å². The molecule has 0 fully saturated rings. The monoisotopic (exact) mass is 314 g/mol. The molecule has 0 bridgehead atoms. The number of rotatable bonds is 2. The Hall–Kier alpha value is -1.33. The molecule has 0 unspecified atom stereocenters. The molecule has 0 atom stereocenters. The fourth-order valence-electron chi connectivity index (χ4n) is 2.41. The maximum Gasteiger partial charge on any atom is 0.131 e. The van der Waals surface area contributed by atoms with Crippen molar-refractivity contribution in [3.05, 3.63) is 59.7 Å². The van der Waals surface area contributed by atoms with Gasteiger partial charge >= 0.3 is 0 Å². The summed E-state index contributed by atoms with van der Waals surface area (Å²) in [6.45, 7) is 13.1. The van der Waals surface area contributed by atoms with Crippen molar-refractivity contribution in [1.82, 2.24) is 0 Å². The molecule has 2 rings (SSSR count). The maximum absolute atomic E-state index is 12.8. The summed E-state index contributed by atoms with van der Waals surface area (Å²) in [5.74, 6) is 0. The van der Waals surface area contributed by atoms with E-state index in [0.29, 0.717) is 0 Å². The Balaban J connectivity index is 2.25. The standard InChI is InChI=1S/C20H27OP/c1-19(2,3)15-7-11-17(12-8-15)22(21)18-13-9-16(10-14-18)20(4,5)6/h7-14,22H,1-6H3. The fraction of sp³-hybridized carbons (Fsp3) is 0.400. The van der Waals surface area contributed by atoms with E-state index in [0.717, 1.165) is 10.6 Å². The molecule has 0 saturated heterocycles. The molecule has 0 aliphatic carbocycles. The predicted molar refractivity (Wildman–Crippen MR) is 98.6 cm³/mol. The van der Waals surface area contributed by atoms with Crippen LogP contribution >= 0.6 is 7.80 Å². The van der Waals surface area contributed by atoms with Crippen LogP contribution in [0.4, 0.5) is 0 Å². The van der Waals surface area contributed by atoms with Crippen molar-refractivity contribution in [2.24, 2.45) is 0 Å². The van der Waals surface area contributed by atoms with Gasteiger partial charge in [0, 0.05) is 10.6 Å². The van der Waals surface area contributed by atoms with Gasteiger partial charge in [-0.25, -0.2) is 0 Å². The van der Waals surface area contributed by atoms with Crippen LogP contribution < -0.4 is 10.6 Å². The van der Waals surface area contributed by atoms with E-state index >= 15 is 0 Å². The van der Waals surface area contributed by atoms with Crippen LogP contribution in [0.15, 0.2) is 48.5 Å². The first-order chi connectivity index (χ1) is 10.1. The van der Waals surface area contributed by atoms with Crippen LogP contribution in [0.5, 0.6) is 0 Å². The molecule has 0 amide bonds. The number of benzene rings is 2. The zero-order valence-electron chi connectivity index (χ0n) is 14.5. The highest BCUT2D eigenvalue weighted by molar-refractivity contribution is 7.61. The molecule has 22 heavy (non-hydrogen) atoms. The van der Waals surface area contributed by atoms with E-state index in [1.165, 1.54) is 11.1 Å². The molecule has 0 saturated carbocycles. The molecule has 0 aromatic heterocycles. The van der Waals surface area contributed by atoms with E-state index in [9.17, 15) is 4.57 Å². The Labute approximate surface area is 135 Å². The highest BCUT2D eigenvalue weighted by Crippen LogP contribution is 2.26. The van der Waals surface area contributed by atoms with Crippen molar-refractivity contribution in [1.29, 1.82) is 0 Å². The second-order valence-electron chi connectivity index (χ2n) is 7.98. The van der Waals surface area contributed by atoms with Crippen molar-refractivity contribution >= 4 is 18.4 Å². The summed E-state index contributed by atoms with van der Waals surface area (Å²) in [5, 5.41) is 1.86. The summed E-state index contributed by atoms with van der Waals surface area (Å²) in [6.07, 6.45) is 0. The number of hydrogen-bond acceptors (Lipinski definition) is 1. The largest absolute Gasteiger partial charge is 0.317 e. The Morgan fingerprint density at radius 1 is 0.591 bits per heavy atom. The van der Waals surface area contributed by atoms with Crippen molar-refractivity contribution in [2.45, 2.75) is 52.4 Å². The first-order valence-corrected chi connectivity index (χ1v) is 9.26. The summed E-state index contributed by atoms with van der Waals surface area (Å²) in [7, 11) is -1.92. The van der Waals surface area contributed by atoms with E-state index < -0.39 is 7.80 Å². The molecule has 2 heteroatoms. The van der Waals surface area contributed by atoms with Crippen molar-refractivity contribution in [3.63, 3.8) is 0 Å². The zero-order valence-corrected chi connectivity index (χ0v) is 15.5. The summed E-state index contributed by atoms with van der Waals surface area (Å²) >= 11 is 0. The van der Waals surface area contributed by atoms with E-state index in [4.69, 9.17) is 0 Å². The Kier molecular flexibility index (Phi) is 4.68. The highest BCUT2D eigenvalue weighted by atomic mass is 31.1. The smallest absolute Gasteiger partial charge is 0.131 e. The topological polar surface area (TPSA) is 17.1 Å². The summed E-state index contributed by atoms with van der Waals surface area (Å²) in [5.41, 5.74) is 2.80. The summed E-state index contributed by atoms with van der Waals surface area (Å²) in [4.78, 5) is 0. The molecular weight excluding hydrogens is 287 g/mol. The lowest BCUT2D eigenvalue weighted by atomic mass is 9.87. The lowest BCUT2D eigenvalue weighted by Crippen LogP contribution is -2.14. The summed E-state index contributed by atoms with van der Waals surface area (Å²) in [6, 6.07) is 16.4. The van der Waals surface area contributed by atoms with Crippen LogP contribution in [-0.4, -0.2) is 0 Å². The van der Waals surface area contributed by atoms with Gasteiger partial charge in [0.2, 0.25) is 0 Å². The Bertz CT molecular complexity index is 593. The van der Waals surface area contributed by atoms with Gasteiger partial charge in [0.15, 0.2) is 0 Å². The van der Waals surface area contributed by atoms with Gasteiger partial charge in [-0.15, -0.1) is 0 Å². The van der Waals surface area contributed by atoms with Crippen LogP contribution in [0.1, 0.15) is 52.7 Å². The highest BCUT2D eigenvalue weighted by Gasteiger charge is 2.16. The second kappa shape index (κ2) is 6.05. The predicted octanol–water partition coefficient (Wildman–Crippen LogP) is 4.79. The molecule has 1 nitrogen and oxygen atoms in total. The molecule has 2 aromatic rings. The molecule has 0 aliphatic heterocycles. The van der Waals surface area contributed by atoms with Crippen LogP contribution in [0.25, 0.3) is 0 Å². The van der Waals surface area contributed by atoms with Gasteiger partial charge < -0.3 is 4.57 Å². The molecule has 0 radical (unpaired) electrons. The minimum atomic E-state index is -1.92. The van der Waals surface area contributed by atoms with Crippen molar-refractivity contribution in [2.75, 3.05) is 0 Å². The zero-order chi connectivity index (χ0) is 16.5. The van der Waals surface area contributed by atoms with Crippen LogP contribution in [0.3, 0.4) is 0 Å². The molecule has 118 valence electrons. The van der Waals surface area contributed by atoms with Crippen molar-refractivity contribution in [3.8, 4) is 0 Å². The molecule has 2 aromatic carbocycles. The van der Waals surface area contributed by atoms with Crippen LogP contribution in [0, 0.1) is 0 Å². The third kappa shape index (κ3) is 3.90. The van der Waals surface area contributed by atoms with E-state index in [1.807, 2.05) is 24.3 Å². The van der Waals surface area contributed by atoms with Gasteiger partial charge in [-0.05, 0) is 22.0 Å². The fourth-order valence-corrected chi connectivity index (χ4v) is 3.68. The Morgan fingerprint density at radius 2 is 0.864 bits per heavy atom. The minimum Gasteiger partial charge on any atom is -0.317 e. The minimum absolute atomic E-state index is 0.128. The average Bonchev–Trinajstić information content (AvgIpc) is 2.45. The van der Waals surface area contributed by atoms with E-state index in [1.54, 1.807) is 0 Å². The third-order valence-electron chi connectivity index (χ3n) is 4.03. The van der Waals surface area contributed by atoms with Gasteiger partial charge in [-0.1, -0.05) is 90.1 Å². The van der Waals surface area contributed by atoms with E-state index in [2.05, 4.69) is 65.8 Å². The molecule has 0 aliphatic rings. The van der Waals surface area contributed by atoms with Gasteiger partial charge in [0.25, 0.3) is 0 Å². The molecule has 0 spiro atoms. The lowest BCUT2D eigenvalue weighted by Gasteiger charge is -2.20. The lowest BCUT2D eigenvalue weighted by molar-refractivity contribution is 0.589. The third-order valence-corrected chi connectivity index (χ3v) is 5.74. The molecular formula is C20H27OP. The van der Waals surface area contributed by atoms with Gasteiger partial charge in [0.05, 0.1) is 0 Å². The summed E-state index contributed by atoms with van der Waals surface area (Å²) < 4.78 is 12.8. The average molecular weight is 314 g/mol.